The first-order valence-electron chi connectivity index (χ1n) is 5.12. The average molecular weight is 329 g/mol. The number of benzene rings is 1. The first-order valence-corrected chi connectivity index (χ1v) is 6.79. The lowest BCUT2D eigenvalue weighted by Gasteiger charge is -2.05. The molecule has 0 saturated heterocycles. The monoisotopic (exact) mass is 328 g/mol. The van der Waals surface area contributed by atoms with E-state index in [4.69, 9.17) is 5.73 Å². The van der Waals surface area contributed by atoms with Gasteiger partial charge in [-0.2, -0.15) is 0 Å². The lowest BCUT2D eigenvalue weighted by Crippen LogP contribution is -2.09. The summed E-state index contributed by atoms with van der Waals surface area (Å²) in [5, 5.41) is 4.87. The fourth-order valence-electron chi connectivity index (χ4n) is 1.40. The van der Waals surface area contributed by atoms with Gasteiger partial charge < -0.3 is 11.1 Å². The Morgan fingerprint density at radius 2 is 2.22 bits per heavy atom. The second-order valence-corrected chi connectivity index (χ2v) is 5.50. The number of carbonyl (C=O) groups is 1. The van der Waals surface area contributed by atoms with Gasteiger partial charge in [-0.15, -0.1) is 11.3 Å². The smallest absolute Gasteiger partial charge is 0.249 e. The van der Waals surface area contributed by atoms with Gasteiger partial charge in [0.25, 0.3) is 0 Å². The van der Waals surface area contributed by atoms with Crippen molar-refractivity contribution in [2.24, 2.45) is 5.73 Å². The van der Waals surface area contributed by atoms with Crippen molar-refractivity contribution < 1.29 is 9.18 Å². The highest BCUT2D eigenvalue weighted by Crippen LogP contribution is 2.21. The molecular formula is C12H10BrFN2OS. The standard InChI is InChI=1S/C12H10BrFN2OS/c13-10-4-8(1-2-11(10)14)16-5-9-3-7(6-18-9)12(15)17/h1-4,6,16H,5H2,(H2,15,17). The fraction of sp³-hybridized carbons (Fsp3) is 0.0833. The third-order valence-corrected chi connectivity index (χ3v) is 3.87. The van der Waals surface area contributed by atoms with Crippen LogP contribution in [-0.2, 0) is 6.54 Å². The lowest BCUT2D eigenvalue weighted by molar-refractivity contribution is 0.100. The molecule has 2 aromatic rings. The molecule has 18 heavy (non-hydrogen) atoms. The van der Waals surface area contributed by atoms with Crippen LogP contribution in [0, 0.1) is 5.82 Å². The summed E-state index contributed by atoms with van der Waals surface area (Å²) in [5.41, 5.74) is 6.48. The van der Waals surface area contributed by atoms with Gasteiger partial charge in [0.15, 0.2) is 0 Å². The number of anilines is 1. The Hall–Kier alpha value is -1.40. The Kier molecular flexibility index (Phi) is 3.98. The van der Waals surface area contributed by atoms with Crippen molar-refractivity contribution in [3.63, 3.8) is 0 Å². The maximum Gasteiger partial charge on any atom is 0.249 e. The number of primary amides is 1. The van der Waals surface area contributed by atoms with Crippen molar-refractivity contribution in [3.8, 4) is 0 Å². The molecule has 3 N–H and O–H groups in total. The Balaban J connectivity index is 2.02. The van der Waals surface area contributed by atoms with Crippen LogP contribution in [0.15, 0.2) is 34.1 Å². The highest BCUT2D eigenvalue weighted by Gasteiger charge is 2.05. The van der Waals surface area contributed by atoms with Crippen LogP contribution in [0.3, 0.4) is 0 Å². The van der Waals surface area contributed by atoms with E-state index >= 15 is 0 Å². The number of rotatable bonds is 4. The summed E-state index contributed by atoms with van der Waals surface area (Å²) in [4.78, 5) is 11.9. The van der Waals surface area contributed by atoms with Crippen LogP contribution >= 0.6 is 27.3 Å². The van der Waals surface area contributed by atoms with E-state index in [1.54, 1.807) is 23.6 Å². The highest BCUT2D eigenvalue weighted by molar-refractivity contribution is 9.10. The molecule has 1 amide bonds. The van der Waals surface area contributed by atoms with Crippen molar-refractivity contribution in [2.75, 3.05) is 5.32 Å². The van der Waals surface area contributed by atoms with E-state index in [-0.39, 0.29) is 5.82 Å². The zero-order chi connectivity index (χ0) is 13.1. The number of hydrogen-bond donors (Lipinski definition) is 2. The first kappa shape index (κ1) is 13.0. The first-order chi connectivity index (χ1) is 8.56. The number of hydrogen-bond acceptors (Lipinski definition) is 3. The molecule has 0 spiro atoms. The van der Waals surface area contributed by atoms with Crippen LogP contribution in [0.4, 0.5) is 10.1 Å². The zero-order valence-electron chi connectivity index (χ0n) is 9.24. The van der Waals surface area contributed by atoms with E-state index in [2.05, 4.69) is 21.2 Å². The number of halogens is 2. The highest BCUT2D eigenvalue weighted by atomic mass is 79.9. The Bertz CT molecular complexity index is 585. The lowest BCUT2D eigenvalue weighted by atomic mass is 10.3. The van der Waals surface area contributed by atoms with E-state index in [1.165, 1.54) is 17.4 Å². The van der Waals surface area contributed by atoms with Gasteiger partial charge in [-0.05, 0) is 40.2 Å². The second kappa shape index (κ2) is 5.49. The molecular weight excluding hydrogens is 319 g/mol. The summed E-state index contributed by atoms with van der Waals surface area (Å²) in [5.74, 6) is -0.727. The molecule has 0 unspecified atom stereocenters. The largest absolute Gasteiger partial charge is 0.380 e. The van der Waals surface area contributed by atoms with Crippen molar-refractivity contribution in [1.29, 1.82) is 0 Å². The van der Waals surface area contributed by atoms with E-state index in [0.717, 1.165) is 10.6 Å². The van der Waals surface area contributed by atoms with Crippen LogP contribution in [0.5, 0.6) is 0 Å². The van der Waals surface area contributed by atoms with E-state index < -0.39 is 5.91 Å². The van der Waals surface area contributed by atoms with Crippen LogP contribution in [-0.4, -0.2) is 5.91 Å². The van der Waals surface area contributed by atoms with E-state index in [9.17, 15) is 9.18 Å². The molecule has 3 nitrogen and oxygen atoms in total. The number of nitrogens with one attached hydrogen (secondary N) is 1. The van der Waals surface area contributed by atoms with Gasteiger partial charge in [0, 0.05) is 22.5 Å². The fourth-order valence-corrected chi connectivity index (χ4v) is 2.59. The molecule has 0 saturated carbocycles. The van der Waals surface area contributed by atoms with Gasteiger partial charge in [-0.3, -0.25) is 4.79 Å². The molecule has 0 aliphatic rings. The van der Waals surface area contributed by atoms with Crippen molar-refractivity contribution in [3.05, 3.63) is 50.4 Å². The van der Waals surface area contributed by atoms with Crippen molar-refractivity contribution in [1.82, 2.24) is 0 Å². The Morgan fingerprint density at radius 3 is 2.83 bits per heavy atom. The summed E-state index contributed by atoms with van der Waals surface area (Å²) in [6, 6.07) is 6.45. The van der Waals surface area contributed by atoms with Crippen LogP contribution in [0.25, 0.3) is 0 Å². The van der Waals surface area contributed by atoms with Crippen LogP contribution in [0.1, 0.15) is 15.2 Å². The minimum atomic E-state index is -0.429. The topological polar surface area (TPSA) is 55.1 Å². The van der Waals surface area contributed by atoms with E-state index in [1.807, 2.05) is 0 Å². The number of thiophene rings is 1. The van der Waals surface area contributed by atoms with Gasteiger partial charge in [0.05, 0.1) is 10.0 Å². The Labute approximate surface area is 116 Å². The molecule has 0 fully saturated rings. The second-order valence-electron chi connectivity index (χ2n) is 3.65. The van der Waals surface area contributed by atoms with E-state index in [0.29, 0.717) is 16.6 Å². The summed E-state index contributed by atoms with van der Waals surface area (Å²) < 4.78 is 13.4. The summed E-state index contributed by atoms with van der Waals surface area (Å²) in [6.07, 6.45) is 0. The molecule has 0 bridgehead atoms. The van der Waals surface area contributed by atoms with Gasteiger partial charge in [0.2, 0.25) is 5.91 Å². The maximum atomic E-state index is 13.0. The number of amides is 1. The normalized spacial score (nSPS) is 10.3. The average Bonchev–Trinajstić information content (AvgIpc) is 2.79. The SMILES string of the molecule is NC(=O)c1csc(CNc2ccc(F)c(Br)c2)c1. The molecule has 0 aliphatic heterocycles. The molecule has 0 aliphatic carbocycles. The molecule has 1 heterocycles. The van der Waals surface area contributed by atoms with Crippen LogP contribution < -0.4 is 11.1 Å². The predicted octanol–water partition coefficient (Wildman–Crippen LogP) is 3.36. The quantitative estimate of drug-likeness (QED) is 0.904. The Morgan fingerprint density at radius 1 is 1.44 bits per heavy atom. The zero-order valence-corrected chi connectivity index (χ0v) is 11.6. The maximum absolute atomic E-state index is 13.0. The number of carbonyl (C=O) groups excluding carboxylic acids is 1. The van der Waals surface area contributed by atoms with Gasteiger partial charge in [-0.25, -0.2) is 4.39 Å². The third-order valence-electron chi connectivity index (χ3n) is 2.32. The molecule has 0 radical (unpaired) electrons. The minimum absolute atomic E-state index is 0.298. The number of nitrogens with two attached hydrogens (primary N) is 1. The summed E-state index contributed by atoms with van der Waals surface area (Å²) in [6.45, 7) is 0.565. The van der Waals surface area contributed by atoms with Gasteiger partial charge in [0.1, 0.15) is 5.82 Å². The van der Waals surface area contributed by atoms with Crippen molar-refractivity contribution >= 4 is 38.9 Å². The summed E-state index contributed by atoms with van der Waals surface area (Å²) >= 11 is 4.58. The van der Waals surface area contributed by atoms with Gasteiger partial charge >= 0.3 is 0 Å². The molecule has 6 heteroatoms. The van der Waals surface area contributed by atoms with Gasteiger partial charge in [-0.1, -0.05) is 0 Å². The molecule has 2 rings (SSSR count). The molecule has 1 aromatic heterocycles. The minimum Gasteiger partial charge on any atom is -0.380 e. The predicted molar refractivity (Wildman–Crippen MR) is 74.3 cm³/mol. The summed E-state index contributed by atoms with van der Waals surface area (Å²) in [7, 11) is 0. The molecule has 0 atom stereocenters. The molecule has 1 aromatic carbocycles. The van der Waals surface area contributed by atoms with Crippen LogP contribution in [0.2, 0.25) is 0 Å². The molecule has 94 valence electrons. The van der Waals surface area contributed by atoms with Crippen molar-refractivity contribution in [2.45, 2.75) is 6.54 Å². The third kappa shape index (κ3) is 3.08.